The van der Waals surface area contributed by atoms with E-state index in [0.717, 1.165) is 0 Å². The quantitative estimate of drug-likeness (QED) is 0.742. The molecule has 0 bridgehead atoms. The van der Waals surface area contributed by atoms with Gasteiger partial charge in [-0.3, -0.25) is 4.79 Å². The molecule has 0 fully saturated rings. The summed E-state index contributed by atoms with van der Waals surface area (Å²) in [4.78, 5) is 13.4. The van der Waals surface area contributed by atoms with Crippen LogP contribution in [0.2, 0.25) is 0 Å². The van der Waals surface area contributed by atoms with E-state index in [4.69, 9.17) is 12.2 Å². The van der Waals surface area contributed by atoms with Crippen LogP contribution in [0.1, 0.15) is 17.4 Å². The zero-order valence-corrected chi connectivity index (χ0v) is 9.03. The highest BCUT2D eigenvalue weighted by Gasteiger charge is 2.15. The first-order valence-electron chi connectivity index (χ1n) is 4.74. The molecule has 0 spiro atoms. The molecule has 1 rings (SSSR count). The molecule has 80 valence electrons. The second-order valence-corrected chi connectivity index (χ2v) is 3.31. The Morgan fingerprint density at radius 1 is 1.73 bits per heavy atom. The zero-order chi connectivity index (χ0) is 11.4. The minimum atomic E-state index is -0.105. The Hall–Kier alpha value is -1.89. The molecule has 0 saturated heterocycles. The standard InChI is InChI=1S/C11H15N3O/c1-4-6-13(3)11(15)10-7-9(12)8-14(10)5-2/h1,7-8H,5-6,12H2,2-3H3. The van der Waals surface area contributed by atoms with Crippen molar-refractivity contribution >= 4 is 11.6 Å². The number of aromatic nitrogens is 1. The van der Waals surface area contributed by atoms with Gasteiger partial charge >= 0.3 is 0 Å². The fourth-order valence-corrected chi connectivity index (χ4v) is 1.38. The number of rotatable bonds is 3. The lowest BCUT2D eigenvalue weighted by molar-refractivity contribution is 0.0802. The van der Waals surface area contributed by atoms with Gasteiger partial charge in [0.25, 0.3) is 5.91 Å². The van der Waals surface area contributed by atoms with E-state index >= 15 is 0 Å². The summed E-state index contributed by atoms with van der Waals surface area (Å²) < 4.78 is 1.81. The summed E-state index contributed by atoms with van der Waals surface area (Å²) in [6.07, 6.45) is 6.89. The fourth-order valence-electron chi connectivity index (χ4n) is 1.38. The predicted molar refractivity (Wildman–Crippen MR) is 60.3 cm³/mol. The average molecular weight is 205 g/mol. The predicted octanol–water partition coefficient (Wildman–Crippen LogP) is 0.795. The third-order valence-corrected chi connectivity index (χ3v) is 2.15. The van der Waals surface area contributed by atoms with Crippen LogP contribution >= 0.6 is 0 Å². The summed E-state index contributed by atoms with van der Waals surface area (Å²) in [7, 11) is 1.67. The van der Waals surface area contributed by atoms with E-state index in [0.29, 0.717) is 24.5 Å². The normalized spacial score (nSPS) is 9.67. The third-order valence-electron chi connectivity index (χ3n) is 2.15. The van der Waals surface area contributed by atoms with Gasteiger partial charge in [-0.1, -0.05) is 5.92 Å². The van der Waals surface area contributed by atoms with Crippen LogP contribution in [0.4, 0.5) is 5.69 Å². The topological polar surface area (TPSA) is 51.3 Å². The number of carbonyl (C=O) groups is 1. The van der Waals surface area contributed by atoms with Gasteiger partial charge < -0.3 is 15.2 Å². The van der Waals surface area contributed by atoms with Crippen molar-refractivity contribution in [1.29, 1.82) is 0 Å². The number of hydrogen-bond acceptors (Lipinski definition) is 2. The van der Waals surface area contributed by atoms with Gasteiger partial charge in [0.15, 0.2) is 0 Å². The highest BCUT2D eigenvalue weighted by atomic mass is 16.2. The van der Waals surface area contributed by atoms with Crippen molar-refractivity contribution in [3.63, 3.8) is 0 Å². The molecular formula is C11H15N3O. The number of nitrogens with two attached hydrogens (primary N) is 1. The summed E-state index contributed by atoms with van der Waals surface area (Å²) >= 11 is 0. The maximum atomic E-state index is 11.9. The second kappa shape index (κ2) is 4.56. The van der Waals surface area contributed by atoms with E-state index < -0.39 is 0 Å². The van der Waals surface area contributed by atoms with Crippen molar-refractivity contribution in [2.75, 3.05) is 19.3 Å². The highest BCUT2D eigenvalue weighted by Crippen LogP contribution is 2.12. The summed E-state index contributed by atoms with van der Waals surface area (Å²) in [5.74, 6) is 2.32. The number of anilines is 1. The number of terminal acetylenes is 1. The molecule has 4 heteroatoms. The molecule has 4 nitrogen and oxygen atoms in total. The summed E-state index contributed by atoms with van der Waals surface area (Å²) in [5.41, 5.74) is 6.80. The molecule has 0 unspecified atom stereocenters. The molecule has 0 aliphatic carbocycles. The number of amides is 1. The lowest BCUT2D eigenvalue weighted by Crippen LogP contribution is -2.28. The van der Waals surface area contributed by atoms with E-state index in [1.807, 2.05) is 11.5 Å². The van der Waals surface area contributed by atoms with Crippen molar-refractivity contribution in [3.05, 3.63) is 18.0 Å². The van der Waals surface area contributed by atoms with Gasteiger partial charge in [0.2, 0.25) is 0 Å². The Labute approximate surface area is 89.7 Å². The maximum Gasteiger partial charge on any atom is 0.271 e. The Morgan fingerprint density at radius 3 is 2.93 bits per heavy atom. The molecule has 1 aromatic heterocycles. The van der Waals surface area contributed by atoms with Gasteiger partial charge in [-0.15, -0.1) is 6.42 Å². The molecule has 2 N–H and O–H groups in total. The lowest BCUT2D eigenvalue weighted by Gasteiger charge is -2.14. The van der Waals surface area contributed by atoms with E-state index in [2.05, 4.69) is 5.92 Å². The number of aryl methyl sites for hydroxylation is 1. The minimum Gasteiger partial charge on any atom is -0.397 e. The highest BCUT2D eigenvalue weighted by molar-refractivity contribution is 5.93. The van der Waals surface area contributed by atoms with Gasteiger partial charge in [0, 0.05) is 19.8 Å². The number of carbonyl (C=O) groups excluding carboxylic acids is 1. The molecule has 0 saturated carbocycles. The third kappa shape index (κ3) is 2.32. The van der Waals surface area contributed by atoms with Crippen LogP contribution in [0.5, 0.6) is 0 Å². The van der Waals surface area contributed by atoms with E-state index in [-0.39, 0.29) is 5.91 Å². The van der Waals surface area contributed by atoms with Crippen LogP contribution < -0.4 is 5.73 Å². The molecule has 0 radical (unpaired) electrons. The fraction of sp³-hybridized carbons (Fsp3) is 0.364. The zero-order valence-electron chi connectivity index (χ0n) is 9.03. The van der Waals surface area contributed by atoms with E-state index in [1.54, 1.807) is 19.3 Å². The van der Waals surface area contributed by atoms with Gasteiger partial charge in [-0.05, 0) is 13.0 Å². The first-order chi connectivity index (χ1) is 7.10. The molecule has 1 aromatic rings. The molecule has 1 heterocycles. The number of nitrogen functional groups attached to an aromatic ring is 1. The second-order valence-electron chi connectivity index (χ2n) is 3.31. The molecule has 0 aliphatic rings. The molecule has 0 atom stereocenters. The van der Waals surface area contributed by atoms with Gasteiger partial charge in [0.05, 0.1) is 12.2 Å². The molecule has 0 aliphatic heterocycles. The smallest absolute Gasteiger partial charge is 0.271 e. The van der Waals surface area contributed by atoms with Crippen LogP contribution in [-0.4, -0.2) is 29.0 Å². The van der Waals surface area contributed by atoms with Crippen LogP contribution in [-0.2, 0) is 6.54 Å². The summed E-state index contributed by atoms with van der Waals surface area (Å²) in [6, 6.07) is 1.67. The van der Waals surface area contributed by atoms with Crippen molar-refractivity contribution < 1.29 is 4.79 Å². The van der Waals surface area contributed by atoms with Crippen LogP contribution in [0.3, 0.4) is 0 Å². The van der Waals surface area contributed by atoms with E-state index in [1.165, 1.54) is 4.90 Å². The van der Waals surface area contributed by atoms with Gasteiger partial charge in [0.1, 0.15) is 5.69 Å². The van der Waals surface area contributed by atoms with Crippen molar-refractivity contribution in [2.45, 2.75) is 13.5 Å². The Bertz CT molecular complexity index is 400. The van der Waals surface area contributed by atoms with Gasteiger partial charge in [-0.25, -0.2) is 0 Å². The van der Waals surface area contributed by atoms with Crippen LogP contribution in [0.25, 0.3) is 0 Å². The Balaban J connectivity index is 2.95. The molecular weight excluding hydrogens is 190 g/mol. The SMILES string of the molecule is C#CCN(C)C(=O)c1cc(N)cn1CC. The largest absolute Gasteiger partial charge is 0.397 e. The van der Waals surface area contributed by atoms with Crippen molar-refractivity contribution in [3.8, 4) is 12.3 Å². The summed E-state index contributed by atoms with van der Waals surface area (Å²) in [5, 5.41) is 0. The Morgan fingerprint density at radius 2 is 2.40 bits per heavy atom. The van der Waals surface area contributed by atoms with Crippen molar-refractivity contribution in [1.82, 2.24) is 9.47 Å². The van der Waals surface area contributed by atoms with E-state index in [9.17, 15) is 4.79 Å². The maximum absolute atomic E-state index is 11.9. The molecule has 15 heavy (non-hydrogen) atoms. The van der Waals surface area contributed by atoms with Gasteiger partial charge in [-0.2, -0.15) is 0 Å². The number of nitrogens with zero attached hydrogens (tertiary/aromatic N) is 2. The Kier molecular flexibility index (Phi) is 3.40. The number of hydrogen-bond donors (Lipinski definition) is 1. The molecule has 0 aromatic carbocycles. The van der Waals surface area contributed by atoms with Crippen LogP contribution in [0.15, 0.2) is 12.3 Å². The summed E-state index contributed by atoms with van der Waals surface area (Å²) in [6.45, 7) is 2.97. The average Bonchev–Trinajstić information content (AvgIpc) is 2.58. The van der Waals surface area contributed by atoms with Crippen molar-refractivity contribution in [2.24, 2.45) is 0 Å². The lowest BCUT2D eigenvalue weighted by atomic mass is 10.3. The first kappa shape index (κ1) is 11.2. The monoisotopic (exact) mass is 205 g/mol. The molecule has 1 amide bonds. The first-order valence-corrected chi connectivity index (χ1v) is 4.74. The minimum absolute atomic E-state index is 0.105. The van der Waals surface area contributed by atoms with Crippen LogP contribution in [0, 0.1) is 12.3 Å².